The monoisotopic (exact) mass is 152 g/mol. The molecular weight excluding hydrogens is 148 g/mol. The standard InChI is InChI=1S/C7H4O4/c8-6(9)3-1-5-2-4-7(10)11-5/h2,4,10H,(H,8,9). The van der Waals surface area contributed by atoms with Gasteiger partial charge < -0.3 is 14.6 Å². The fourth-order valence-electron chi connectivity index (χ4n) is 0.510. The predicted octanol–water partition coefficient (Wildman–Crippen LogP) is 0.421. The van der Waals surface area contributed by atoms with Gasteiger partial charge in [0.1, 0.15) is 0 Å². The molecule has 0 saturated carbocycles. The Balaban J connectivity index is 2.82. The smallest absolute Gasteiger partial charge is 0.382 e. The van der Waals surface area contributed by atoms with E-state index < -0.39 is 5.97 Å². The summed E-state index contributed by atoms with van der Waals surface area (Å²) in [6.07, 6.45) is 0. The molecule has 0 saturated heterocycles. The van der Waals surface area contributed by atoms with Crippen LogP contribution in [-0.2, 0) is 4.79 Å². The number of aromatic hydroxyl groups is 1. The SMILES string of the molecule is O=C(O)C#Cc1ccc(O)o1. The molecule has 0 amide bonds. The van der Waals surface area contributed by atoms with Gasteiger partial charge >= 0.3 is 5.97 Å². The Bertz CT molecular complexity index is 326. The first-order chi connectivity index (χ1) is 5.18. The summed E-state index contributed by atoms with van der Waals surface area (Å²) >= 11 is 0. The molecule has 0 aromatic carbocycles. The van der Waals surface area contributed by atoms with E-state index in [0.717, 1.165) is 0 Å². The van der Waals surface area contributed by atoms with E-state index in [1.54, 1.807) is 0 Å². The van der Waals surface area contributed by atoms with E-state index in [0.29, 0.717) is 0 Å². The summed E-state index contributed by atoms with van der Waals surface area (Å²) in [6.45, 7) is 0. The predicted molar refractivity (Wildman–Crippen MR) is 34.9 cm³/mol. The lowest BCUT2D eigenvalue weighted by Gasteiger charge is -1.77. The first kappa shape index (κ1) is 7.22. The number of carboxylic acids is 1. The molecule has 1 rings (SSSR count). The second-order valence-electron chi connectivity index (χ2n) is 1.69. The van der Waals surface area contributed by atoms with Gasteiger partial charge in [-0.2, -0.15) is 0 Å². The number of carboxylic acid groups (broad SMARTS) is 1. The van der Waals surface area contributed by atoms with Crippen molar-refractivity contribution in [3.63, 3.8) is 0 Å². The van der Waals surface area contributed by atoms with Gasteiger partial charge in [-0.25, -0.2) is 4.79 Å². The molecule has 1 aromatic heterocycles. The van der Waals surface area contributed by atoms with Crippen LogP contribution in [0.1, 0.15) is 5.76 Å². The number of hydrogen-bond donors (Lipinski definition) is 2. The second-order valence-corrected chi connectivity index (χ2v) is 1.69. The molecule has 4 nitrogen and oxygen atoms in total. The van der Waals surface area contributed by atoms with Gasteiger partial charge in [-0.05, 0) is 12.0 Å². The third-order valence-corrected chi connectivity index (χ3v) is 0.884. The lowest BCUT2D eigenvalue weighted by molar-refractivity contribution is -0.130. The topological polar surface area (TPSA) is 70.7 Å². The molecule has 0 aliphatic carbocycles. The van der Waals surface area contributed by atoms with Crippen LogP contribution >= 0.6 is 0 Å². The zero-order valence-electron chi connectivity index (χ0n) is 5.37. The Hall–Kier alpha value is -1.89. The Morgan fingerprint density at radius 3 is 2.73 bits per heavy atom. The highest BCUT2D eigenvalue weighted by molar-refractivity contribution is 5.87. The first-order valence-corrected chi connectivity index (χ1v) is 2.72. The molecule has 0 spiro atoms. The molecule has 2 N–H and O–H groups in total. The number of carbonyl (C=O) groups is 1. The minimum atomic E-state index is -1.24. The third-order valence-electron chi connectivity index (χ3n) is 0.884. The van der Waals surface area contributed by atoms with Gasteiger partial charge in [-0.3, -0.25) is 0 Å². The molecule has 0 fully saturated rings. The van der Waals surface area contributed by atoms with Crippen LogP contribution in [0.3, 0.4) is 0 Å². The van der Waals surface area contributed by atoms with Crippen molar-refractivity contribution in [2.75, 3.05) is 0 Å². The molecule has 0 radical (unpaired) electrons. The molecule has 0 unspecified atom stereocenters. The summed E-state index contributed by atoms with van der Waals surface area (Å²) < 4.78 is 4.55. The molecule has 11 heavy (non-hydrogen) atoms. The average molecular weight is 152 g/mol. The molecule has 0 aliphatic heterocycles. The second kappa shape index (κ2) is 2.80. The van der Waals surface area contributed by atoms with Gasteiger partial charge in [0.05, 0.1) is 0 Å². The van der Waals surface area contributed by atoms with Gasteiger partial charge in [-0.1, -0.05) is 0 Å². The minimum absolute atomic E-state index is 0.130. The van der Waals surface area contributed by atoms with Crippen LogP contribution in [0.4, 0.5) is 0 Å². The summed E-state index contributed by atoms with van der Waals surface area (Å²) in [5.41, 5.74) is 0. The maximum atomic E-state index is 9.90. The van der Waals surface area contributed by atoms with Crippen molar-refractivity contribution in [1.82, 2.24) is 0 Å². The lowest BCUT2D eigenvalue weighted by Crippen LogP contribution is -1.86. The number of furan rings is 1. The molecular formula is C7H4O4. The zero-order chi connectivity index (χ0) is 8.27. The van der Waals surface area contributed by atoms with Gasteiger partial charge in [0, 0.05) is 12.0 Å². The van der Waals surface area contributed by atoms with Crippen molar-refractivity contribution >= 4 is 5.97 Å². The number of aliphatic carboxylic acids is 1. The van der Waals surface area contributed by atoms with Gasteiger partial charge in [0.25, 0.3) is 5.95 Å². The van der Waals surface area contributed by atoms with Gasteiger partial charge in [0.2, 0.25) is 0 Å². The molecule has 4 heteroatoms. The van der Waals surface area contributed by atoms with Crippen molar-refractivity contribution < 1.29 is 19.4 Å². The van der Waals surface area contributed by atoms with Crippen molar-refractivity contribution in [2.24, 2.45) is 0 Å². The molecule has 0 atom stereocenters. The van der Waals surface area contributed by atoms with E-state index in [-0.39, 0.29) is 11.7 Å². The number of rotatable bonds is 0. The lowest BCUT2D eigenvalue weighted by atomic mass is 10.4. The van der Waals surface area contributed by atoms with Crippen LogP contribution in [0.25, 0.3) is 0 Å². The highest BCUT2D eigenvalue weighted by atomic mass is 16.5. The van der Waals surface area contributed by atoms with Crippen LogP contribution in [-0.4, -0.2) is 16.2 Å². The largest absolute Gasteiger partial charge is 0.481 e. The molecule has 0 bridgehead atoms. The molecule has 1 aromatic rings. The minimum Gasteiger partial charge on any atom is -0.481 e. The van der Waals surface area contributed by atoms with E-state index >= 15 is 0 Å². The fourth-order valence-corrected chi connectivity index (χ4v) is 0.510. The third kappa shape index (κ3) is 2.06. The quantitative estimate of drug-likeness (QED) is 0.528. The Labute approximate surface area is 62.1 Å². The van der Waals surface area contributed by atoms with Crippen molar-refractivity contribution in [3.8, 4) is 17.8 Å². The first-order valence-electron chi connectivity index (χ1n) is 2.72. The van der Waals surface area contributed by atoms with Crippen molar-refractivity contribution in [3.05, 3.63) is 17.9 Å². The van der Waals surface area contributed by atoms with Gasteiger partial charge in [-0.15, -0.1) is 0 Å². The van der Waals surface area contributed by atoms with Crippen LogP contribution < -0.4 is 0 Å². The molecule has 56 valence electrons. The zero-order valence-corrected chi connectivity index (χ0v) is 5.37. The summed E-state index contributed by atoms with van der Waals surface area (Å²) in [5.74, 6) is 2.64. The molecule has 0 aliphatic rings. The van der Waals surface area contributed by atoms with Crippen LogP contribution in [0.5, 0.6) is 5.95 Å². The fraction of sp³-hybridized carbons (Fsp3) is 0. The maximum absolute atomic E-state index is 9.90. The van der Waals surface area contributed by atoms with E-state index in [1.807, 2.05) is 5.92 Å². The summed E-state index contributed by atoms with van der Waals surface area (Å²) in [7, 11) is 0. The molecule has 1 heterocycles. The van der Waals surface area contributed by atoms with E-state index in [9.17, 15) is 4.79 Å². The number of hydrogen-bond acceptors (Lipinski definition) is 3. The summed E-state index contributed by atoms with van der Waals surface area (Å²) in [6, 6.07) is 2.66. The van der Waals surface area contributed by atoms with Gasteiger partial charge in [0.15, 0.2) is 5.76 Å². The maximum Gasteiger partial charge on any atom is 0.382 e. The van der Waals surface area contributed by atoms with E-state index in [4.69, 9.17) is 10.2 Å². The van der Waals surface area contributed by atoms with Crippen LogP contribution in [0.15, 0.2) is 16.5 Å². The van der Waals surface area contributed by atoms with Crippen molar-refractivity contribution in [2.45, 2.75) is 0 Å². The Morgan fingerprint density at radius 1 is 1.55 bits per heavy atom. The van der Waals surface area contributed by atoms with Crippen molar-refractivity contribution in [1.29, 1.82) is 0 Å². The average Bonchev–Trinajstić information content (AvgIpc) is 2.31. The van der Waals surface area contributed by atoms with Crippen LogP contribution in [0.2, 0.25) is 0 Å². The normalized spacial score (nSPS) is 8.36. The summed E-state index contributed by atoms with van der Waals surface area (Å²) in [5, 5.41) is 16.7. The Morgan fingerprint density at radius 2 is 2.27 bits per heavy atom. The highest BCUT2D eigenvalue weighted by Crippen LogP contribution is 2.11. The van der Waals surface area contributed by atoms with Crippen LogP contribution in [0, 0.1) is 11.8 Å². The summed E-state index contributed by atoms with van der Waals surface area (Å²) in [4.78, 5) is 9.90. The van der Waals surface area contributed by atoms with E-state index in [2.05, 4.69) is 10.3 Å². The Kier molecular flexibility index (Phi) is 1.83. The highest BCUT2D eigenvalue weighted by Gasteiger charge is 1.94. The van der Waals surface area contributed by atoms with E-state index in [1.165, 1.54) is 12.1 Å².